The standard InChI is InChI=1S/C16H21FN2O6S/c17-13-6-5-12(18-15(20)3-1-2-4-16(21)22)11-14(13)26(23,24)19-7-9-25-10-8-19/h5-6,11H,1-4,7-10H2,(H,18,20)(H,21,22). The number of benzene rings is 1. The lowest BCUT2D eigenvalue weighted by molar-refractivity contribution is -0.137. The lowest BCUT2D eigenvalue weighted by Gasteiger charge is -2.26. The Labute approximate surface area is 151 Å². The minimum atomic E-state index is -4.02. The Hall–Kier alpha value is -2.04. The second-order valence-corrected chi connectivity index (χ2v) is 7.72. The number of hydrogen-bond donors (Lipinski definition) is 2. The Morgan fingerprint density at radius 2 is 1.85 bits per heavy atom. The van der Waals surface area contributed by atoms with Crippen molar-refractivity contribution in [2.24, 2.45) is 0 Å². The third kappa shape index (κ3) is 5.48. The summed E-state index contributed by atoms with van der Waals surface area (Å²) in [5.74, 6) is -2.21. The molecule has 10 heteroatoms. The summed E-state index contributed by atoms with van der Waals surface area (Å²) in [5, 5.41) is 11.1. The molecule has 0 atom stereocenters. The maximum atomic E-state index is 14.1. The molecule has 0 radical (unpaired) electrons. The molecule has 0 bridgehead atoms. The summed E-state index contributed by atoms with van der Waals surface area (Å²) in [7, 11) is -4.02. The average Bonchev–Trinajstić information content (AvgIpc) is 2.61. The fourth-order valence-electron chi connectivity index (χ4n) is 2.49. The molecule has 0 aromatic heterocycles. The van der Waals surface area contributed by atoms with Gasteiger partial charge in [0, 0.05) is 31.6 Å². The summed E-state index contributed by atoms with van der Waals surface area (Å²) in [6.07, 6.45) is 0.822. The summed E-state index contributed by atoms with van der Waals surface area (Å²) in [6, 6.07) is 3.37. The van der Waals surface area contributed by atoms with Gasteiger partial charge in [0.2, 0.25) is 15.9 Å². The summed E-state index contributed by atoms with van der Waals surface area (Å²) >= 11 is 0. The normalized spacial score (nSPS) is 15.6. The second-order valence-electron chi connectivity index (χ2n) is 5.81. The van der Waals surface area contributed by atoms with Gasteiger partial charge in [-0.15, -0.1) is 0 Å². The molecule has 0 unspecified atom stereocenters. The van der Waals surface area contributed by atoms with Crippen LogP contribution in [0.4, 0.5) is 10.1 Å². The fraction of sp³-hybridized carbons (Fsp3) is 0.500. The Morgan fingerprint density at radius 3 is 2.50 bits per heavy atom. The number of carboxylic acids is 1. The van der Waals surface area contributed by atoms with Crippen molar-refractivity contribution in [1.82, 2.24) is 4.31 Å². The first-order valence-electron chi connectivity index (χ1n) is 8.20. The van der Waals surface area contributed by atoms with Crippen molar-refractivity contribution >= 4 is 27.6 Å². The number of nitrogens with zero attached hydrogens (tertiary/aromatic N) is 1. The highest BCUT2D eigenvalue weighted by Gasteiger charge is 2.29. The van der Waals surface area contributed by atoms with Crippen LogP contribution in [0.1, 0.15) is 25.7 Å². The summed E-state index contributed by atoms with van der Waals surface area (Å²) < 4.78 is 45.5. The molecule has 1 aliphatic heterocycles. The van der Waals surface area contributed by atoms with E-state index in [1.54, 1.807) is 0 Å². The van der Waals surface area contributed by atoms with Gasteiger partial charge in [0.05, 0.1) is 13.2 Å². The van der Waals surface area contributed by atoms with E-state index in [1.165, 1.54) is 6.07 Å². The highest BCUT2D eigenvalue weighted by atomic mass is 32.2. The minimum Gasteiger partial charge on any atom is -0.481 e. The first kappa shape index (κ1) is 20.3. The van der Waals surface area contributed by atoms with Crippen molar-refractivity contribution in [3.05, 3.63) is 24.0 Å². The number of unbranched alkanes of at least 4 members (excludes halogenated alkanes) is 1. The average molecular weight is 388 g/mol. The van der Waals surface area contributed by atoms with Gasteiger partial charge in [0.1, 0.15) is 10.7 Å². The van der Waals surface area contributed by atoms with Crippen LogP contribution in [0.3, 0.4) is 0 Å². The molecule has 0 aliphatic carbocycles. The lowest BCUT2D eigenvalue weighted by Crippen LogP contribution is -2.40. The predicted molar refractivity (Wildman–Crippen MR) is 90.7 cm³/mol. The van der Waals surface area contributed by atoms with E-state index in [4.69, 9.17) is 9.84 Å². The topological polar surface area (TPSA) is 113 Å². The summed E-state index contributed by atoms with van der Waals surface area (Å²) in [4.78, 5) is 21.8. The number of sulfonamides is 1. The van der Waals surface area contributed by atoms with Crippen molar-refractivity contribution in [2.75, 3.05) is 31.6 Å². The molecular weight excluding hydrogens is 367 g/mol. The van der Waals surface area contributed by atoms with Crippen LogP contribution in [0.25, 0.3) is 0 Å². The van der Waals surface area contributed by atoms with Gasteiger partial charge in [-0.3, -0.25) is 9.59 Å². The van der Waals surface area contributed by atoms with Gasteiger partial charge in [0.25, 0.3) is 0 Å². The number of aliphatic carboxylic acids is 1. The van der Waals surface area contributed by atoms with Gasteiger partial charge in [-0.05, 0) is 31.0 Å². The third-order valence-electron chi connectivity index (χ3n) is 3.85. The number of halogens is 1. The van der Waals surface area contributed by atoms with Crippen LogP contribution in [0.15, 0.2) is 23.1 Å². The molecule has 1 amide bonds. The van der Waals surface area contributed by atoms with Crippen molar-refractivity contribution in [3.8, 4) is 0 Å². The SMILES string of the molecule is O=C(O)CCCCC(=O)Nc1ccc(F)c(S(=O)(=O)N2CCOCC2)c1. The van der Waals surface area contributed by atoms with Crippen LogP contribution in [0, 0.1) is 5.82 Å². The van der Waals surface area contributed by atoms with Gasteiger partial charge in [-0.1, -0.05) is 0 Å². The molecular formula is C16H21FN2O6S. The molecule has 1 fully saturated rings. The van der Waals surface area contributed by atoms with Crippen molar-refractivity contribution in [1.29, 1.82) is 0 Å². The smallest absolute Gasteiger partial charge is 0.303 e. The maximum Gasteiger partial charge on any atom is 0.303 e. The van der Waals surface area contributed by atoms with E-state index in [-0.39, 0.29) is 44.8 Å². The first-order chi connectivity index (χ1) is 12.3. The Kier molecular flexibility index (Phi) is 7.06. The van der Waals surface area contributed by atoms with E-state index in [1.807, 2.05) is 0 Å². The van der Waals surface area contributed by atoms with E-state index in [2.05, 4.69) is 5.32 Å². The Bertz CT molecular complexity index is 762. The number of carbonyl (C=O) groups excluding carboxylic acids is 1. The minimum absolute atomic E-state index is 0.0221. The van der Waals surface area contributed by atoms with Gasteiger partial charge in [-0.2, -0.15) is 4.31 Å². The van der Waals surface area contributed by atoms with Crippen LogP contribution in [-0.2, 0) is 24.3 Å². The van der Waals surface area contributed by atoms with Gasteiger partial charge < -0.3 is 15.2 Å². The zero-order valence-corrected chi connectivity index (χ0v) is 14.9. The molecule has 0 saturated carbocycles. The number of amides is 1. The molecule has 1 aromatic rings. The number of carboxylic acid groups (broad SMARTS) is 1. The molecule has 8 nitrogen and oxygen atoms in total. The molecule has 1 heterocycles. The lowest BCUT2D eigenvalue weighted by atomic mass is 10.2. The van der Waals surface area contributed by atoms with Gasteiger partial charge in [0.15, 0.2) is 0 Å². The number of rotatable bonds is 8. The van der Waals surface area contributed by atoms with Gasteiger partial charge >= 0.3 is 5.97 Å². The van der Waals surface area contributed by atoms with Crippen molar-refractivity contribution < 1.29 is 32.2 Å². The number of anilines is 1. The quantitative estimate of drug-likeness (QED) is 0.652. The van der Waals surface area contributed by atoms with Crippen LogP contribution >= 0.6 is 0 Å². The molecule has 1 saturated heterocycles. The summed E-state index contributed by atoms with van der Waals surface area (Å²) in [5.41, 5.74) is 0.168. The molecule has 144 valence electrons. The van der Waals surface area contributed by atoms with E-state index in [0.717, 1.165) is 16.4 Å². The second kappa shape index (κ2) is 9.06. The monoisotopic (exact) mass is 388 g/mol. The Morgan fingerprint density at radius 1 is 1.19 bits per heavy atom. The number of morpholine rings is 1. The van der Waals surface area contributed by atoms with Crippen LogP contribution < -0.4 is 5.32 Å². The summed E-state index contributed by atoms with van der Waals surface area (Å²) in [6.45, 7) is 0.769. The highest BCUT2D eigenvalue weighted by molar-refractivity contribution is 7.89. The fourth-order valence-corrected chi connectivity index (χ4v) is 3.99. The molecule has 0 spiro atoms. The molecule has 2 rings (SSSR count). The number of carbonyl (C=O) groups is 2. The van der Waals surface area contributed by atoms with Crippen LogP contribution in [0.5, 0.6) is 0 Å². The number of nitrogens with one attached hydrogen (secondary N) is 1. The van der Waals surface area contributed by atoms with E-state index in [0.29, 0.717) is 12.8 Å². The molecule has 1 aliphatic rings. The maximum absolute atomic E-state index is 14.1. The number of ether oxygens (including phenoxy) is 1. The van der Waals surface area contributed by atoms with Crippen LogP contribution in [-0.4, -0.2) is 56.0 Å². The zero-order valence-electron chi connectivity index (χ0n) is 14.1. The van der Waals surface area contributed by atoms with Crippen molar-refractivity contribution in [3.63, 3.8) is 0 Å². The van der Waals surface area contributed by atoms with E-state index >= 15 is 0 Å². The first-order valence-corrected chi connectivity index (χ1v) is 9.64. The van der Waals surface area contributed by atoms with E-state index < -0.39 is 32.6 Å². The highest BCUT2D eigenvalue weighted by Crippen LogP contribution is 2.24. The van der Waals surface area contributed by atoms with E-state index in [9.17, 15) is 22.4 Å². The number of hydrogen-bond acceptors (Lipinski definition) is 5. The van der Waals surface area contributed by atoms with Crippen LogP contribution in [0.2, 0.25) is 0 Å². The largest absolute Gasteiger partial charge is 0.481 e. The van der Waals surface area contributed by atoms with Crippen molar-refractivity contribution in [2.45, 2.75) is 30.6 Å². The Balaban J connectivity index is 2.04. The third-order valence-corrected chi connectivity index (χ3v) is 5.76. The molecule has 1 aromatic carbocycles. The van der Waals surface area contributed by atoms with Gasteiger partial charge in [-0.25, -0.2) is 12.8 Å². The molecule has 26 heavy (non-hydrogen) atoms. The molecule has 2 N–H and O–H groups in total. The predicted octanol–water partition coefficient (Wildman–Crippen LogP) is 1.43. The zero-order chi connectivity index (χ0) is 19.2.